The van der Waals surface area contributed by atoms with Crippen LogP contribution in [-0.2, 0) is 6.42 Å². The summed E-state index contributed by atoms with van der Waals surface area (Å²) in [6.07, 6.45) is 11.8. The van der Waals surface area contributed by atoms with E-state index >= 15 is 0 Å². The number of terminal acetylenes is 1. The Balaban J connectivity index is 2.47. The number of nitrogens with zero attached hydrogens (tertiary/aromatic N) is 1. The zero-order chi connectivity index (χ0) is 10.9. The molecule has 0 aliphatic carbocycles. The van der Waals surface area contributed by atoms with Gasteiger partial charge in [-0.05, 0) is 37.1 Å². The van der Waals surface area contributed by atoms with Crippen molar-refractivity contribution in [1.82, 2.24) is 10.3 Å². The molecule has 1 aromatic rings. The lowest BCUT2D eigenvalue weighted by Gasteiger charge is -2.16. The van der Waals surface area contributed by atoms with Gasteiger partial charge < -0.3 is 5.32 Å². The molecule has 0 fully saturated rings. The van der Waals surface area contributed by atoms with Gasteiger partial charge in [-0.1, -0.05) is 6.92 Å². The Labute approximate surface area is 92.1 Å². The normalized spacial score (nSPS) is 12.0. The lowest BCUT2D eigenvalue weighted by Crippen LogP contribution is -2.30. The molecule has 0 aromatic carbocycles. The molecule has 1 aromatic heterocycles. The van der Waals surface area contributed by atoms with Gasteiger partial charge in [0.15, 0.2) is 0 Å². The first-order valence-electron chi connectivity index (χ1n) is 5.42. The third-order valence-corrected chi connectivity index (χ3v) is 2.36. The smallest absolute Gasteiger partial charge is 0.0270 e. The second kappa shape index (κ2) is 7.03. The summed E-state index contributed by atoms with van der Waals surface area (Å²) in [6.45, 7) is 3.11. The number of aromatic nitrogens is 1. The van der Waals surface area contributed by atoms with Crippen LogP contribution in [0.5, 0.6) is 0 Å². The van der Waals surface area contributed by atoms with Gasteiger partial charge in [0, 0.05) is 24.9 Å². The SMILES string of the molecule is C#CCCC(Cc1ccncc1)NCC. The summed E-state index contributed by atoms with van der Waals surface area (Å²) in [4.78, 5) is 4.01. The molecule has 0 amide bonds. The van der Waals surface area contributed by atoms with Crippen molar-refractivity contribution in [2.45, 2.75) is 32.2 Å². The molecule has 0 aliphatic heterocycles. The Bertz CT molecular complexity index is 300. The fourth-order valence-corrected chi connectivity index (χ4v) is 1.63. The summed E-state index contributed by atoms with van der Waals surface area (Å²) >= 11 is 0. The van der Waals surface area contributed by atoms with Crippen LogP contribution < -0.4 is 5.32 Å². The summed E-state index contributed by atoms with van der Waals surface area (Å²) < 4.78 is 0. The number of rotatable bonds is 6. The zero-order valence-electron chi connectivity index (χ0n) is 9.24. The van der Waals surface area contributed by atoms with E-state index in [1.54, 1.807) is 0 Å². The van der Waals surface area contributed by atoms with Crippen molar-refractivity contribution >= 4 is 0 Å². The van der Waals surface area contributed by atoms with Crippen molar-refractivity contribution in [1.29, 1.82) is 0 Å². The number of nitrogens with one attached hydrogen (secondary N) is 1. The first-order chi connectivity index (χ1) is 7.36. The standard InChI is InChI=1S/C13H18N2/c1-3-5-6-13(15-4-2)11-12-7-9-14-10-8-12/h1,7-10,13,15H,4-6,11H2,2H3. The van der Waals surface area contributed by atoms with Gasteiger partial charge in [0.25, 0.3) is 0 Å². The van der Waals surface area contributed by atoms with Crippen LogP contribution >= 0.6 is 0 Å². The van der Waals surface area contributed by atoms with E-state index in [2.05, 4.69) is 35.3 Å². The van der Waals surface area contributed by atoms with Crippen molar-refractivity contribution in [3.05, 3.63) is 30.1 Å². The third kappa shape index (κ3) is 4.62. The van der Waals surface area contributed by atoms with Gasteiger partial charge >= 0.3 is 0 Å². The minimum atomic E-state index is 0.480. The van der Waals surface area contributed by atoms with Crippen LogP contribution in [-0.4, -0.2) is 17.6 Å². The Morgan fingerprint density at radius 1 is 1.47 bits per heavy atom. The summed E-state index contributed by atoms with van der Waals surface area (Å²) in [7, 11) is 0. The van der Waals surface area contributed by atoms with E-state index in [1.165, 1.54) is 5.56 Å². The van der Waals surface area contributed by atoms with Gasteiger partial charge in [-0.2, -0.15) is 0 Å². The second-order valence-corrected chi connectivity index (χ2v) is 3.56. The monoisotopic (exact) mass is 202 g/mol. The Kier molecular flexibility index (Phi) is 5.50. The van der Waals surface area contributed by atoms with Crippen molar-refractivity contribution in [2.75, 3.05) is 6.54 Å². The van der Waals surface area contributed by atoms with Crippen LogP contribution in [0.3, 0.4) is 0 Å². The Morgan fingerprint density at radius 3 is 2.80 bits per heavy atom. The number of pyridine rings is 1. The average Bonchev–Trinajstić information content (AvgIpc) is 2.28. The van der Waals surface area contributed by atoms with E-state index in [4.69, 9.17) is 6.42 Å². The molecule has 0 bridgehead atoms. The number of hydrogen-bond acceptors (Lipinski definition) is 2. The van der Waals surface area contributed by atoms with E-state index in [0.29, 0.717) is 6.04 Å². The minimum absolute atomic E-state index is 0.480. The highest BCUT2D eigenvalue weighted by Gasteiger charge is 2.06. The minimum Gasteiger partial charge on any atom is -0.314 e. The van der Waals surface area contributed by atoms with E-state index < -0.39 is 0 Å². The maximum atomic E-state index is 5.28. The van der Waals surface area contributed by atoms with Gasteiger partial charge in [-0.3, -0.25) is 4.98 Å². The second-order valence-electron chi connectivity index (χ2n) is 3.56. The fourth-order valence-electron chi connectivity index (χ4n) is 1.63. The quantitative estimate of drug-likeness (QED) is 0.714. The van der Waals surface area contributed by atoms with E-state index in [1.807, 2.05) is 12.4 Å². The molecule has 0 saturated heterocycles. The van der Waals surface area contributed by atoms with Gasteiger partial charge in [0.2, 0.25) is 0 Å². The summed E-state index contributed by atoms with van der Waals surface area (Å²) in [5.74, 6) is 2.69. The van der Waals surface area contributed by atoms with E-state index in [-0.39, 0.29) is 0 Å². The van der Waals surface area contributed by atoms with Gasteiger partial charge in [-0.15, -0.1) is 12.3 Å². The molecule has 0 spiro atoms. The van der Waals surface area contributed by atoms with E-state index in [9.17, 15) is 0 Å². The van der Waals surface area contributed by atoms with Crippen LogP contribution in [0, 0.1) is 12.3 Å². The topological polar surface area (TPSA) is 24.9 Å². The number of likely N-dealkylation sites (N-methyl/N-ethyl adjacent to an activating group) is 1. The molecular formula is C13H18N2. The Morgan fingerprint density at radius 2 is 2.20 bits per heavy atom. The third-order valence-electron chi connectivity index (χ3n) is 2.36. The molecule has 2 heteroatoms. The average molecular weight is 202 g/mol. The first-order valence-corrected chi connectivity index (χ1v) is 5.42. The lowest BCUT2D eigenvalue weighted by atomic mass is 10.0. The van der Waals surface area contributed by atoms with Crippen LogP contribution in [0.2, 0.25) is 0 Å². The fraction of sp³-hybridized carbons (Fsp3) is 0.462. The van der Waals surface area contributed by atoms with Gasteiger partial charge in [0.1, 0.15) is 0 Å². The number of hydrogen-bond donors (Lipinski definition) is 1. The molecule has 80 valence electrons. The molecule has 1 N–H and O–H groups in total. The molecule has 1 atom stereocenters. The van der Waals surface area contributed by atoms with Gasteiger partial charge in [-0.25, -0.2) is 0 Å². The molecule has 15 heavy (non-hydrogen) atoms. The summed E-state index contributed by atoms with van der Waals surface area (Å²) in [5.41, 5.74) is 1.31. The summed E-state index contributed by atoms with van der Waals surface area (Å²) in [5, 5.41) is 3.45. The predicted octanol–water partition coefficient (Wildman–Crippen LogP) is 2.02. The molecule has 1 unspecified atom stereocenters. The van der Waals surface area contributed by atoms with Crippen molar-refractivity contribution in [3.8, 4) is 12.3 Å². The molecule has 2 nitrogen and oxygen atoms in total. The molecule has 0 aliphatic rings. The molecule has 1 heterocycles. The van der Waals surface area contributed by atoms with E-state index in [0.717, 1.165) is 25.8 Å². The highest BCUT2D eigenvalue weighted by atomic mass is 14.9. The van der Waals surface area contributed by atoms with Crippen molar-refractivity contribution in [2.24, 2.45) is 0 Å². The maximum Gasteiger partial charge on any atom is 0.0270 e. The largest absolute Gasteiger partial charge is 0.314 e. The van der Waals surface area contributed by atoms with Gasteiger partial charge in [0.05, 0.1) is 0 Å². The maximum absolute atomic E-state index is 5.28. The van der Waals surface area contributed by atoms with Crippen LogP contribution in [0.15, 0.2) is 24.5 Å². The first kappa shape index (κ1) is 11.7. The van der Waals surface area contributed by atoms with Crippen molar-refractivity contribution < 1.29 is 0 Å². The molecule has 1 rings (SSSR count). The lowest BCUT2D eigenvalue weighted by molar-refractivity contribution is 0.497. The molecular weight excluding hydrogens is 184 g/mol. The van der Waals surface area contributed by atoms with Crippen LogP contribution in [0.1, 0.15) is 25.3 Å². The van der Waals surface area contributed by atoms with Crippen LogP contribution in [0.25, 0.3) is 0 Å². The highest BCUT2D eigenvalue weighted by Crippen LogP contribution is 2.06. The molecule has 0 radical (unpaired) electrons. The Hall–Kier alpha value is -1.33. The van der Waals surface area contributed by atoms with Crippen LogP contribution in [0.4, 0.5) is 0 Å². The molecule has 0 saturated carbocycles. The zero-order valence-corrected chi connectivity index (χ0v) is 9.24. The highest BCUT2D eigenvalue weighted by molar-refractivity contribution is 5.11. The van der Waals surface area contributed by atoms with Crippen molar-refractivity contribution in [3.63, 3.8) is 0 Å². The summed E-state index contributed by atoms with van der Waals surface area (Å²) in [6, 6.07) is 4.59. The predicted molar refractivity (Wildman–Crippen MR) is 63.5 cm³/mol.